The molecule has 1 unspecified atom stereocenters. The Hall–Kier alpha value is -1.10. The standard InChI is InChI=1S/C8H15NO4/c1-6(5-8(12)13)9-4-2-3-7(10)11/h6,9H,2-5H2,1H3,(H,10,11)(H,12,13). The lowest BCUT2D eigenvalue weighted by molar-refractivity contribution is -0.138. The normalized spacial score (nSPS) is 12.4. The second-order valence-corrected chi connectivity index (χ2v) is 2.95. The van der Waals surface area contributed by atoms with Crippen molar-refractivity contribution >= 4 is 11.9 Å². The van der Waals surface area contributed by atoms with Gasteiger partial charge in [-0.15, -0.1) is 0 Å². The zero-order chi connectivity index (χ0) is 10.3. The van der Waals surface area contributed by atoms with Crippen molar-refractivity contribution in [1.29, 1.82) is 0 Å². The monoisotopic (exact) mass is 189 g/mol. The van der Waals surface area contributed by atoms with Gasteiger partial charge in [-0.05, 0) is 19.9 Å². The van der Waals surface area contributed by atoms with Gasteiger partial charge in [-0.25, -0.2) is 0 Å². The highest BCUT2D eigenvalue weighted by Gasteiger charge is 2.06. The summed E-state index contributed by atoms with van der Waals surface area (Å²) in [6, 6.07) is -0.105. The van der Waals surface area contributed by atoms with Crippen LogP contribution in [0.4, 0.5) is 0 Å². The third-order valence-corrected chi connectivity index (χ3v) is 1.54. The van der Waals surface area contributed by atoms with E-state index in [0.717, 1.165) is 0 Å². The molecular weight excluding hydrogens is 174 g/mol. The number of aliphatic carboxylic acids is 2. The molecule has 0 aliphatic rings. The average molecular weight is 189 g/mol. The summed E-state index contributed by atoms with van der Waals surface area (Å²) in [5, 5.41) is 19.6. The summed E-state index contributed by atoms with van der Waals surface area (Å²) in [6.45, 7) is 2.30. The van der Waals surface area contributed by atoms with Crippen LogP contribution in [-0.2, 0) is 9.59 Å². The van der Waals surface area contributed by atoms with Crippen molar-refractivity contribution in [2.45, 2.75) is 32.2 Å². The molecule has 0 radical (unpaired) electrons. The number of nitrogens with one attached hydrogen (secondary N) is 1. The second kappa shape index (κ2) is 6.42. The molecule has 5 heteroatoms. The summed E-state index contributed by atoms with van der Waals surface area (Å²) in [5.41, 5.74) is 0. The zero-order valence-electron chi connectivity index (χ0n) is 7.62. The topological polar surface area (TPSA) is 86.6 Å². The van der Waals surface area contributed by atoms with E-state index in [1.54, 1.807) is 6.92 Å². The van der Waals surface area contributed by atoms with Gasteiger partial charge in [-0.2, -0.15) is 0 Å². The Bertz CT molecular complexity index is 181. The van der Waals surface area contributed by atoms with Gasteiger partial charge >= 0.3 is 11.9 Å². The fourth-order valence-electron chi connectivity index (χ4n) is 0.922. The first kappa shape index (κ1) is 11.9. The molecule has 0 spiro atoms. The van der Waals surface area contributed by atoms with E-state index in [0.29, 0.717) is 13.0 Å². The molecule has 0 bridgehead atoms. The minimum absolute atomic E-state index is 0.0626. The van der Waals surface area contributed by atoms with Crippen molar-refractivity contribution in [3.05, 3.63) is 0 Å². The van der Waals surface area contributed by atoms with Crippen molar-refractivity contribution in [2.24, 2.45) is 0 Å². The van der Waals surface area contributed by atoms with E-state index < -0.39 is 11.9 Å². The van der Waals surface area contributed by atoms with Crippen molar-refractivity contribution in [3.8, 4) is 0 Å². The van der Waals surface area contributed by atoms with E-state index in [1.165, 1.54) is 0 Å². The fraction of sp³-hybridized carbons (Fsp3) is 0.750. The molecule has 0 aromatic carbocycles. The van der Waals surface area contributed by atoms with Crippen LogP contribution in [0.25, 0.3) is 0 Å². The maximum Gasteiger partial charge on any atom is 0.304 e. The molecule has 0 aromatic heterocycles. The third kappa shape index (κ3) is 8.81. The van der Waals surface area contributed by atoms with Crippen LogP contribution in [0.1, 0.15) is 26.2 Å². The average Bonchev–Trinajstić information content (AvgIpc) is 1.96. The Morgan fingerprint density at radius 2 is 1.92 bits per heavy atom. The number of carboxylic acid groups (broad SMARTS) is 2. The molecule has 0 saturated carbocycles. The summed E-state index contributed by atoms with van der Waals surface area (Å²) in [6.07, 6.45) is 0.707. The number of carboxylic acids is 2. The molecule has 0 rings (SSSR count). The van der Waals surface area contributed by atoms with Gasteiger partial charge in [-0.1, -0.05) is 0 Å². The Kier molecular flexibility index (Phi) is 5.88. The minimum Gasteiger partial charge on any atom is -0.481 e. The molecule has 0 aromatic rings. The van der Waals surface area contributed by atoms with E-state index in [4.69, 9.17) is 10.2 Å². The van der Waals surface area contributed by atoms with Gasteiger partial charge in [0.1, 0.15) is 0 Å². The third-order valence-electron chi connectivity index (χ3n) is 1.54. The molecule has 0 saturated heterocycles. The summed E-state index contributed by atoms with van der Waals surface area (Å²) >= 11 is 0. The molecule has 1 atom stereocenters. The summed E-state index contributed by atoms with van der Waals surface area (Å²) in [7, 11) is 0. The van der Waals surface area contributed by atoms with Crippen LogP contribution in [0.5, 0.6) is 0 Å². The van der Waals surface area contributed by atoms with E-state index in [-0.39, 0.29) is 18.9 Å². The van der Waals surface area contributed by atoms with Gasteiger partial charge < -0.3 is 15.5 Å². The molecule has 5 nitrogen and oxygen atoms in total. The molecule has 0 amide bonds. The molecule has 76 valence electrons. The smallest absolute Gasteiger partial charge is 0.304 e. The quantitative estimate of drug-likeness (QED) is 0.501. The lowest BCUT2D eigenvalue weighted by Crippen LogP contribution is -2.29. The number of hydrogen-bond donors (Lipinski definition) is 3. The number of carbonyl (C=O) groups is 2. The van der Waals surface area contributed by atoms with Gasteiger partial charge in [0.05, 0.1) is 6.42 Å². The maximum absolute atomic E-state index is 10.2. The van der Waals surface area contributed by atoms with E-state index in [1.807, 2.05) is 0 Å². The van der Waals surface area contributed by atoms with Gasteiger partial charge in [-0.3, -0.25) is 9.59 Å². The summed E-state index contributed by atoms with van der Waals surface area (Å²) < 4.78 is 0. The van der Waals surface area contributed by atoms with Crippen LogP contribution in [0.2, 0.25) is 0 Å². The number of rotatable bonds is 7. The van der Waals surface area contributed by atoms with Crippen LogP contribution in [0, 0.1) is 0 Å². The van der Waals surface area contributed by atoms with Crippen molar-refractivity contribution in [3.63, 3.8) is 0 Å². The highest BCUT2D eigenvalue weighted by atomic mass is 16.4. The SMILES string of the molecule is CC(CC(=O)O)NCCCC(=O)O. The molecule has 0 aliphatic heterocycles. The largest absolute Gasteiger partial charge is 0.481 e. The van der Waals surface area contributed by atoms with Gasteiger partial charge in [0.15, 0.2) is 0 Å². The number of hydrogen-bond acceptors (Lipinski definition) is 3. The molecule has 0 fully saturated rings. The van der Waals surface area contributed by atoms with Crippen molar-refractivity contribution in [2.75, 3.05) is 6.54 Å². The van der Waals surface area contributed by atoms with Crippen molar-refractivity contribution < 1.29 is 19.8 Å². The first-order valence-corrected chi connectivity index (χ1v) is 4.19. The first-order chi connectivity index (χ1) is 6.02. The van der Waals surface area contributed by atoms with E-state index in [2.05, 4.69) is 5.32 Å². The summed E-state index contributed by atoms with van der Waals surface area (Å²) in [4.78, 5) is 20.3. The van der Waals surface area contributed by atoms with Crippen LogP contribution in [0.3, 0.4) is 0 Å². The molecule has 13 heavy (non-hydrogen) atoms. The highest BCUT2D eigenvalue weighted by Crippen LogP contribution is 1.92. The Labute approximate surface area is 76.8 Å². The van der Waals surface area contributed by atoms with E-state index in [9.17, 15) is 9.59 Å². The zero-order valence-corrected chi connectivity index (χ0v) is 7.62. The van der Waals surface area contributed by atoms with Crippen LogP contribution in [0.15, 0.2) is 0 Å². The van der Waals surface area contributed by atoms with Crippen LogP contribution < -0.4 is 5.32 Å². The lowest BCUT2D eigenvalue weighted by atomic mass is 10.2. The molecule has 3 N–H and O–H groups in total. The predicted octanol–water partition coefficient (Wildman–Crippen LogP) is 0.304. The van der Waals surface area contributed by atoms with Crippen molar-refractivity contribution in [1.82, 2.24) is 5.32 Å². The molecule has 0 heterocycles. The summed E-state index contributed by atoms with van der Waals surface area (Å²) in [5.74, 6) is -1.68. The van der Waals surface area contributed by atoms with Crippen LogP contribution >= 0.6 is 0 Å². The van der Waals surface area contributed by atoms with Crippen LogP contribution in [-0.4, -0.2) is 34.7 Å². The maximum atomic E-state index is 10.2. The fourth-order valence-corrected chi connectivity index (χ4v) is 0.922. The Morgan fingerprint density at radius 3 is 2.38 bits per heavy atom. The van der Waals surface area contributed by atoms with Gasteiger partial charge in [0, 0.05) is 12.5 Å². The predicted molar refractivity (Wildman–Crippen MR) is 46.6 cm³/mol. The van der Waals surface area contributed by atoms with Gasteiger partial charge in [0.2, 0.25) is 0 Å². The first-order valence-electron chi connectivity index (χ1n) is 4.19. The second-order valence-electron chi connectivity index (χ2n) is 2.95. The van der Waals surface area contributed by atoms with E-state index >= 15 is 0 Å². The van der Waals surface area contributed by atoms with Gasteiger partial charge in [0.25, 0.3) is 0 Å². The molecule has 0 aliphatic carbocycles. The molecular formula is C8H15NO4. The Balaban J connectivity index is 3.31. The highest BCUT2D eigenvalue weighted by molar-refractivity contribution is 5.67. The lowest BCUT2D eigenvalue weighted by Gasteiger charge is -2.09. The Morgan fingerprint density at radius 1 is 1.31 bits per heavy atom. The minimum atomic E-state index is -0.849.